The van der Waals surface area contributed by atoms with Crippen molar-refractivity contribution in [1.82, 2.24) is 0 Å². The molecule has 5 aromatic carbocycles. The lowest BCUT2D eigenvalue weighted by Gasteiger charge is -2.41. The second-order valence-corrected chi connectivity index (χ2v) is 11.5. The average molecular weight is 695 g/mol. The van der Waals surface area contributed by atoms with E-state index in [2.05, 4.69) is 33.1 Å². The number of carbonyl (C=O) groups excluding carboxylic acids is 4. The molecule has 0 spiro atoms. The van der Waals surface area contributed by atoms with E-state index in [1.807, 2.05) is 18.2 Å². The number of rotatable bonds is 11. The van der Waals surface area contributed by atoms with Crippen molar-refractivity contribution in [2.45, 2.75) is 12.1 Å². The summed E-state index contributed by atoms with van der Waals surface area (Å²) >= 11 is 0. The lowest BCUT2D eigenvalue weighted by molar-refractivity contribution is -0.434. The van der Waals surface area contributed by atoms with Gasteiger partial charge in [-0.05, 0) is 113 Å². The number of nitrogens with one attached hydrogen (secondary N) is 2. The third kappa shape index (κ3) is 6.75. The van der Waals surface area contributed by atoms with Crippen LogP contribution in [-0.2, 0) is 14.7 Å². The van der Waals surface area contributed by atoms with Crippen LogP contribution >= 0.6 is 0 Å². The highest BCUT2D eigenvalue weighted by Crippen LogP contribution is 2.52. The van der Waals surface area contributed by atoms with Crippen LogP contribution < -0.4 is 30.0 Å². The first-order chi connectivity index (χ1) is 25.3. The second-order valence-electron chi connectivity index (χ2n) is 11.5. The van der Waals surface area contributed by atoms with Gasteiger partial charge in [0.25, 0.3) is 0 Å². The van der Waals surface area contributed by atoms with Gasteiger partial charge < -0.3 is 15.4 Å². The lowest BCUT2D eigenvalue weighted by Crippen LogP contribution is -2.33. The quantitative estimate of drug-likeness (QED) is 0.0166. The van der Waals surface area contributed by atoms with Crippen molar-refractivity contribution in [1.29, 1.82) is 0 Å². The fourth-order valence-corrected chi connectivity index (χ4v) is 5.87. The van der Waals surface area contributed by atoms with Crippen molar-refractivity contribution in [2.24, 2.45) is 0 Å². The molecule has 2 unspecified atom stereocenters. The second kappa shape index (κ2) is 14.2. The molecule has 0 bridgehead atoms. The smallest absolute Gasteiger partial charge is 0.369 e. The van der Waals surface area contributed by atoms with E-state index in [4.69, 9.17) is 25.8 Å². The van der Waals surface area contributed by atoms with Gasteiger partial charge in [0.05, 0.1) is 29.0 Å². The van der Waals surface area contributed by atoms with Gasteiger partial charge in [-0.25, -0.2) is 9.59 Å². The molecule has 2 aliphatic rings. The molecule has 256 valence electrons. The molecule has 2 atom stereocenters. The largest absolute Gasteiger partial charge is 0.423 e. The maximum Gasteiger partial charge on any atom is 0.369 e. The highest BCUT2D eigenvalue weighted by Gasteiger charge is 2.38. The van der Waals surface area contributed by atoms with Crippen LogP contribution in [0.2, 0.25) is 0 Å². The number of hydrogen-bond acceptors (Lipinski definition) is 12. The first kappa shape index (κ1) is 33.2. The molecular formula is C40H26N2O10. The summed E-state index contributed by atoms with van der Waals surface area (Å²) in [7, 11) is 0. The van der Waals surface area contributed by atoms with Crippen LogP contribution in [0, 0.1) is 12.3 Å². The SMILES string of the molecule is C#CC(=O)c1ccc(C(=O)Oc2ccc3c(c2)C2Nc4ccc(OOOC(=O)C=C)cc4NC2c2cc(OOc4ccc(C=O)cc4)ccc2-3)cc1. The zero-order chi connectivity index (χ0) is 36.2. The molecule has 12 nitrogen and oxygen atoms in total. The Balaban J connectivity index is 1.20. The molecule has 5 aromatic rings. The maximum absolute atomic E-state index is 13.1. The molecule has 1 heterocycles. The van der Waals surface area contributed by atoms with Crippen LogP contribution in [0.1, 0.15) is 54.3 Å². The average Bonchev–Trinajstić information content (AvgIpc) is 3.19. The molecule has 0 saturated carbocycles. The molecular weight excluding hydrogens is 668 g/mol. The van der Waals surface area contributed by atoms with Crippen molar-refractivity contribution in [3.8, 4) is 46.5 Å². The van der Waals surface area contributed by atoms with Crippen molar-refractivity contribution in [3.05, 3.63) is 144 Å². The number of anilines is 2. The topological polar surface area (TPSA) is 148 Å². The molecule has 0 radical (unpaired) electrons. The van der Waals surface area contributed by atoms with Crippen LogP contribution in [0.5, 0.6) is 23.0 Å². The number of hydrogen-bond donors (Lipinski definition) is 2. The highest BCUT2D eigenvalue weighted by molar-refractivity contribution is 6.09. The summed E-state index contributed by atoms with van der Waals surface area (Å²) in [5, 5.41) is 11.7. The summed E-state index contributed by atoms with van der Waals surface area (Å²) in [5.74, 6) is 1.52. The monoisotopic (exact) mass is 694 g/mol. The highest BCUT2D eigenvalue weighted by atomic mass is 17.5. The van der Waals surface area contributed by atoms with Gasteiger partial charge in [-0.1, -0.05) is 18.7 Å². The normalized spacial score (nSPS) is 14.5. The van der Waals surface area contributed by atoms with E-state index in [9.17, 15) is 19.2 Å². The number of Topliss-reactive ketones (excluding diaryl/α,β-unsaturated/α-hetero) is 1. The Morgan fingerprint density at radius 3 is 1.92 bits per heavy atom. The summed E-state index contributed by atoms with van der Waals surface area (Å²) in [5.41, 5.74) is 5.91. The van der Waals surface area contributed by atoms with Gasteiger partial charge in [-0.3, -0.25) is 29.1 Å². The van der Waals surface area contributed by atoms with Gasteiger partial charge in [0.1, 0.15) is 12.0 Å². The zero-order valence-corrected chi connectivity index (χ0v) is 27.0. The summed E-state index contributed by atoms with van der Waals surface area (Å²) in [4.78, 5) is 68.1. The fourth-order valence-electron chi connectivity index (χ4n) is 5.87. The van der Waals surface area contributed by atoms with Crippen LogP contribution in [0.15, 0.2) is 116 Å². The van der Waals surface area contributed by atoms with Gasteiger partial charge in [0.15, 0.2) is 17.2 Å². The van der Waals surface area contributed by atoms with E-state index < -0.39 is 23.8 Å². The molecule has 0 aromatic heterocycles. The lowest BCUT2D eigenvalue weighted by atomic mass is 9.77. The Hall–Kier alpha value is -7.36. The minimum atomic E-state index is -0.822. The van der Waals surface area contributed by atoms with E-state index in [0.29, 0.717) is 34.1 Å². The predicted octanol–water partition coefficient (Wildman–Crippen LogP) is 7.16. The number of aldehydes is 1. The Morgan fingerprint density at radius 2 is 1.25 bits per heavy atom. The number of terminal acetylenes is 1. The fraction of sp³-hybridized carbons (Fsp3) is 0.0500. The van der Waals surface area contributed by atoms with Gasteiger partial charge in [0, 0.05) is 28.3 Å². The number of ether oxygens (including phenoxy) is 1. The van der Waals surface area contributed by atoms with Crippen molar-refractivity contribution < 1.29 is 48.5 Å². The third-order valence-corrected chi connectivity index (χ3v) is 8.34. The Morgan fingerprint density at radius 1 is 0.673 bits per heavy atom. The van der Waals surface area contributed by atoms with Gasteiger partial charge in [0.2, 0.25) is 5.78 Å². The standard InChI is InChI=1S/C40H26N2O10/c1-3-36(44)24-7-9-25(10-8-24)40(46)47-27-13-16-30-31-17-14-28(49-48-26-11-5-23(22-43)6-12-26)20-33(31)39-38(32(30)19-27)41-34-18-15-29(21-35(34)42-39)50-52-51-37(45)4-2/h1,4-22,38-39,41-42H,2H2. The zero-order valence-electron chi connectivity index (χ0n) is 27.0. The predicted molar refractivity (Wildman–Crippen MR) is 187 cm³/mol. The minimum absolute atomic E-state index is 0.247. The molecule has 1 aliphatic heterocycles. The van der Waals surface area contributed by atoms with Gasteiger partial charge in [-0.2, -0.15) is 0 Å². The van der Waals surface area contributed by atoms with E-state index in [1.165, 1.54) is 24.3 Å². The van der Waals surface area contributed by atoms with Crippen molar-refractivity contribution >= 4 is 35.4 Å². The summed E-state index contributed by atoms with van der Waals surface area (Å²) in [6.45, 7) is 3.30. The first-order valence-corrected chi connectivity index (χ1v) is 15.7. The Bertz CT molecular complexity index is 2280. The number of benzene rings is 5. The summed E-state index contributed by atoms with van der Waals surface area (Å²) < 4.78 is 5.78. The Kier molecular flexibility index (Phi) is 9.08. The molecule has 12 heteroatoms. The van der Waals surface area contributed by atoms with Crippen molar-refractivity contribution in [3.63, 3.8) is 0 Å². The minimum Gasteiger partial charge on any atom is -0.423 e. The molecule has 0 saturated heterocycles. The summed E-state index contributed by atoms with van der Waals surface area (Å²) in [6, 6.07) is 27.6. The van der Waals surface area contributed by atoms with E-state index in [-0.39, 0.29) is 17.4 Å². The molecule has 0 fully saturated rings. The van der Waals surface area contributed by atoms with Crippen LogP contribution in [0.3, 0.4) is 0 Å². The van der Waals surface area contributed by atoms with E-state index >= 15 is 0 Å². The van der Waals surface area contributed by atoms with Crippen LogP contribution in [0.4, 0.5) is 11.4 Å². The third-order valence-electron chi connectivity index (χ3n) is 8.34. The molecule has 1 aliphatic carbocycles. The maximum atomic E-state index is 13.1. The van der Waals surface area contributed by atoms with Crippen LogP contribution in [0.25, 0.3) is 11.1 Å². The number of carbonyl (C=O) groups is 4. The first-order valence-electron chi connectivity index (χ1n) is 15.7. The summed E-state index contributed by atoms with van der Waals surface area (Å²) in [6.07, 6.45) is 6.87. The number of esters is 1. The van der Waals surface area contributed by atoms with Crippen LogP contribution in [-0.4, -0.2) is 24.0 Å². The Labute approximate surface area is 296 Å². The molecule has 52 heavy (non-hydrogen) atoms. The van der Waals surface area contributed by atoms with E-state index in [0.717, 1.165) is 40.3 Å². The van der Waals surface area contributed by atoms with Gasteiger partial charge in [-0.15, -0.1) is 6.42 Å². The number of ketones is 1. The molecule has 2 N–H and O–H groups in total. The molecule has 0 amide bonds. The van der Waals surface area contributed by atoms with Gasteiger partial charge >= 0.3 is 11.9 Å². The van der Waals surface area contributed by atoms with Crippen molar-refractivity contribution in [2.75, 3.05) is 10.6 Å². The van der Waals surface area contributed by atoms with E-state index in [1.54, 1.807) is 60.7 Å². The number of fused-ring (bicyclic) bond motifs is 7. The molecule has 7 rings (SSSR count).